The van der Waals surface area contributed by atoms with Gasteiger partial charge in [-0.1, -0.05) is 29.3 Å². The van der Waals surface area contributed by atoms with Crippen LogP contribution in [0.4, 0.5) is 0 Å². The summed E-state index contributed by atoms with van der Waals surface area (Å²) in [5.41, 5.74) is 1.29. The smallest absolute Gasteiger partial charge is 0.287 e. The quantitative estimate of drug-likeness (QED) is 0.900. The van der Waals surface area contributed by atoms with Crippen molar-refractivity contribution in [2.75, 3.05) is 6.54 Å². The van der Waals surface area contributed by atoms with Crippen LogP contribution in [-0.4, -0.2) is 17.6 Å². The van der Waals surface area contributed by atoms with Crippen molar-refractivity contribution in [1.29, 1.82) is 0 Å². The van der Waals surface area contributed by atoms with E-state index in [4.69, 9.17) is 27.6 Å². The zero-order valence-electron chi connectivity index (χ0n) is 11.6. The number of hydrogen-bond acceptors (Lipinski definition) is 3. The lowest BCUT2D eigenvalue weighted by atomic mass is 10.1. The molecule has 2 rings (SSSR count). The average Bonchev–Trinajstić information content (AvgIpc) is 2.76. The lowest BCUT2D eigenvalue weighted by molar-refractivity contribution is 0.0888. The molecular formula is C15H15Cl2NO3. The number of carbonyl (C=O) groups excluding carboxylic acids is 1. The maximum absolute atomic E-state index is 11.9. The van der Waals surface area contributed by atoms with Crippen LogP contribution in [0.25, 0.3) is 0 Å². The van der Waals surface area contributed by atoms with Crippen molar-refractivity contribution in [2.24, 2.45) is 0 Å². The molecule has 1 amide bonds. The Morgan fingerprint density at radius 2 is 1.95 bits per heavy atom. The minimum absolute atomic E-state index is 0.0128. The number of rotatable bonds is 4. The number of aryl methyl sites for hydroxylation is 2. The first-order chi connectivity index (χ1) is 9.90. The molecule has 1 aromatic carbocycles. The second-order valence-electron chi connectivity index (χ2n) is 4.71. The molecule has 0 fully saturated rings. The highest BCUT2D eigenvalue weighted by molar-refractivity contribution is 6.36. The average molecular weight is 328 g/mol. The third-order valence-corrected chi connectivity index (χ3v) is 3.84. The van der Waals surface area contributed by atoms with E-state index in [0.29, 0.717) is 21.4 Å². The fourth-order valence-corrected chi connectivity index (χ4v) is 2.54. The van der Waals surface area contributed by atoms with Gasteiger partial charge in [0.1, 0.15) is 5.76 Å². The van der Waals surface area contributed by atoms with Gasteiger partial charge in [-0.05, 0) is 37.6 Å². The van der Waals surface area contributed by atoms with E-state index in [1.54, 1.807) is 31.2 Å². The third kappa shape index (κ3) is 3.59. The number of hydrogen-bond donors (Lipinski definition) is 2. The van der Waals surface area contributed by atoms with Crippen molar-refractivity contribution in [3.8, 4) is 0 Å². The van der Waals surface area contributed by atoms with Gasteiger partial charge in [-0.25, -0.2) is 0 Å². The van der Waals surface area contributed by atoms with E-state index in [1.807, 2.05) is 6.92 Å². The Balaban J connectivity index is 2.04. The van der Waals surface area contributed by atoms with Gasteiger partial charge < -0.3 is 14.8 Å². The minimum atomic E-state index is -0.993. The molecule has 0 radical (unpaired) electrons. The summed E-state index contributed by atoms with van der Waals surface area (Å²) in [5, 5.41) is 13.4. The molecule has 2 N–H and O–H groups in total. The topological polar surface area (TPSA) is 62.5 Å². The highest BCUT2D eigenvalue weighted by Gasteiger charge is 2.18. The van der Waals surface area contributed by atoms with Crippen LogP contribution in [-0.2, 0) is 0 Å². The molecule has 0 saturated heterocycles. The maximum atomic E-state index is 11.9. The standard InChI is InChI=1S/C15H15Cl2NO3/c1-8-6-13(21-9(8)2)15(20)18-7-12(19)14-10(16)4-3-5-11(14)17/h3-6,12,19H,7H2,1-2H3,(H,18,20). The highest BCUT2D eigenvalue weighted by Crippen LogP contribution is 2.29. The fraction of sp³-hybridized carbons (Fsp3) is 0.267. The van der Waals surface area contributed by atoms with Crippen LogP contribution in [0.15, 0.2) is 28.7 Å². The van der Waals surface area contributed by atoms with E-state index in [-0.39, 0.29) is 12.3 Å². The molecule has 0 saturated carbocycles. The van der Waals surface area contributed by atoms with Crippen LogP contribution >= 0.6 is 23.2 Å². The molecule has 112 valence electrons. The van der Waals surface area contributed by atoms with E-state index in [2.05, 4.69) is 5.32 Å². The number of aliphatic hydroxyl groups is 1. The van der Waals surface area contributed by atoms with Gasteiger partial charge in [0.15, 0.2) is 5.76 Å². The van der Waals surface area contributed by atoms with E-state index in [9.17, 15) is 9.90 Å². The summed E-state index contributed by atoms with van der Waals surface area (Å²) in [4.78, 5) is 11.9. The molecule has 1 unspecified atom stereocenters. The second kappa shape index (κ2) is 6.52. The van der Waals surface area contributed by atoms with E-state index in [0.717, 1.165) is 5.56 Å². The molecular weight excluding hydrogens is 313 g/mol. The Morgan fingerprint density at radius 3 is 2.48 bits per heavy atom. The monoisotopic (exact) mass is 327 g/mol. The Hall–Kier alpha value is -1.49. The largest absolute Gasteiger partial charge is 0.456 e. The van der Waals surface area contributed by atoms with Crippen LogP contribution in [0.3, 0.4) is 0 Å². The second-order valence-corrected chi connectivity index (χ2v) is 5.53. The summed E-state index contributed by atoms with van der Waals surface area (Å²) in [6.07, 6.45) is -0.993. The Morgan fingerprint density at radius 1 is 1.33 bits per heavy atom. The molecule has 1 heterocycles. The van der Waals surface area contributed by atoms with Gasteiger partial charge in [-0.3, -0.25) is 4.79 Å². The van der Waals surface area contributed by atoms with Gasteiger partial charge in [-0.15, -0.1) is 0 Å². The fourth-order valence-electron chi connectivity index (χ4n) is 1.89. The molecule has 0 bridgehead atoms. The first kappa shape index (κ1) is 15.9. The van der Waals surface area contributed by atoms with E-state index >= 15 is 0 Å². The molecule has 6 heteroatoms. The Kier molecular flexibility index (Phi) is 4.93. The van der Waals surface area contributed by atoms with Crippen molar-refractivity contribution in [3.05, 3.63) is 57.0 Å². The molecule has 0 aliphatic heterocycles. The number of amides is 1. The van der Waals surface area contributed by atoms with Crippen molar-refractivity contribution < 1.29 is 14.3 Å². The maximum Gasteiger partial charge on any atom is 0.287 e. The van der Waals surface area contributed by atoms with E-state index < -0.39 is 12.0 Å². The molecule has 0 spiro atoms. The lowest BCUT2D eigenvalue weighted by Crippen LogP contribution is -2.28. The third-order valence-electron chi connectivity index (χ3n) is 3.18. The predicted molar refractivity (Wildman–Crippen MR) is 81.9 cm³/mol. The number of furan rings is 1. The zero-order chi connectivity index (χ0) is 15.6. The molecule has 1 aromatic heterocycles. The summed E-state index contributed by atoms with van der Waals surface area (Å²) in [6, 6.07) is 6.60. The van der Waals surface area contributed by atoms with Gasteiger partial charge >= 0.3 is 0 Å². The van der Waals surface area contributed by atoms with Crippen LogP contribution in [0.5, 0.6) is 0 Å². The number of aliphatic hydroxyl groups excluding tert-OH is 1. The number of nitrogens with one attached hydrogen (secondary N) is 1. The van der Waals surface area contributed by atoms with Gasteiger partial charge in [0.25, 0.3) is 5.91 Å². The first-order valence-corrected chi connectivity index (χ1v) is 7.13. The van der Waals surface area contributed by atoms with E-state index in [1.165, 1.54) is 0 Å². The molecule has 0 aliphatic carbocycles. The van der Waals surface area contributed by atoms with Crippen LogP contribution < -0.4 is 5.32 Å². The summed E-state index contributed by atoms with van der Waals surface area (Å²) < 4.78 is 5.32. The minimum Gasteiger partial charge on any atom is -0.456 e. The summed E-state index contributed by atoms with van der Waals surface area (Å²) in [5.74, 6) is 0.505. The van der Waals surface area contributed by atoms with Crippen LogP contribution in [0.2, 0.25) is 10.0 Å². The lowest BCUT2D eigenvalue weighted by Gasteiger charge is -2.14. The summed E-state index contributed by atoms with van der Waals surface area (Å²) in [6.45, 7) is 3.62. The highest BCUT2D eigenvalue weighted by atomic mass is 35.5. The zero-order valence-corrected chi connectivity index (χ0v) is 13.1. The summed E-state index contributed by atoms with van der Waals surface area (Å²) >= 11 is 12.0. The molecule has 4 nitrogen and oxygen atoms in total. The van der Waals surface area contributed by atoms with Gasteiger partial charge in [0, 0.05) is 22.2 Å². The van der Waals surface area contributed by atoms with Crippen molar-refractivity contribution in [3.63, 3.8) is 0 Å². The van der Waals surface area contributed by atoms with Crippen LogP contribution in [0, 0.1) is 13.8 Å². The SMILES string of the molecule is Cc1cc(C(=O)NCC(O)c2c(Cl)cccc2Cl)oc1C. The molecule has 21 heavy (non-hydrogen) atoms. The van der Waals surface area contributed by atoms with Gasteiger partial charge in [-0.2, -0.15) is 0 Å². The van der Waals surface area contributed by atoms with Crippen molar-refractivity contribution in [1.82, 2.24) is 5.32 Å². The summed E-state index contributed by atoms with van der Waals surface area (Å²) in [7, 11) is 0. The Bertz CT molecular complexity index is 627. The molecule has 0 aliphatic rings. The normalized spacial score (nSPS) is 12.2. The number of halogens is 2. The Labute approximate surface area is 132 Å². The van der Waals surface area contributed by atoms with Gasteiger partial charge in [0.2, 0.25) is 0 Å². The van der Waals surface area contributed by atoms with Crippen molar-refractivity contribution in [2.45, 2.75) is 20.0 Å². The number of benzene rings is 1. The number of carbonyl (C=O) groups is 1. The first-order valence-electron chi connectivity index (χ1n) is 6.37. The van der Waals surface area contributed by atoms with Crippen LogP contribution in [0.1, 0.15) is 33.5 Å². The predicted octanol–water partition coefficient (Wildman–Crippen LogP) is 3.67. The van der Waals surface area contributed by atoms with Gasteiger partial charge in [0.05, 0.1) is 6.10 Å². The molecule has 1 atom stereocenters. The van der Waals surface area contributed by atoms with Crippen molar-refractivity contribution >= 4 is 29.1 Å². The molecule has 2 aromatic rings.